The summed E-state index contributed by atoms with van der Waals surface area (Å²) in [7, 11) is 0. The number of aromatic nitrogens is 3. The molecule has 8 heteroatoms. The molecule has 1 unspecified atom stereocenters. The van der Waals surface area contributed by atoms with E-state index in [0.29, 0.717) is 5.82 Å². The van der Waals surface area contributed by atoms with E-state index >= 15 is 0 Å². The van der Waals surface area contributed by atoms with E-state index in [4.69, 9.17) is 4.74 Å². The van der Waals surface area contributed by atoms with Gasteiger partial charge in [-0.1, -0.05) is 6.92 Å². The van der Waals surface area contributed by atoms with Crippen LogP contribution in [0, 0.1) is 0 Å². The molecular formula is C20H27N5O2S. The van der Waals surface area contributed by atoms with E-state index in [1.807, 2.05) is 30.8 Å². The smallest absolute Gasteiger partial charge is 0.251 e. The van der Waals surface area contributed by atoms with Gasteiger partial charge < -0.3 is 15.0 Å². The Balaban J connectivity index is 1.45. The second-order valence-electron chi connectivity index (χ2n) is 7.35. The lowest BCUT2D eigenvalue weighted by Crippen LogP contribution is -2.57. The summed E-state index contributed by atoms with van der Waals surface area (Å²) >= 11 is 2.03. The molecule has 0 aliphatic carbocycles. The Kier molecular flexibility index (Phi) is 5.99. The molecule has 0 amide bonds. The predicted molar refractivity (Wildman–Crippen MR) is 113 cm³/mol. The molecule has 2 aromatic heterocycles. The maximum atomic E-state index is 11.8. The first-order valence-corrected chi connectivity index (χ1v) is 11.1. The number of aromatic amines is 1. The third-order valence-electron chi connectivity index (χ3n) is 5.56. The van der Waals surface area contributed by atoms with Crippen molar-refractivity contribution >= 4 is 17.6 Å². The molecule has 28 heavy (non-hydrogen) atoms. The topological polar surface area (TPSA) is 83.1 Å². The zero-order valence-electron chi connectivity index (χ0n) is 16.2. The van der Waals surface area contributed by atoms with Gasteiger partial charge in [0.25, 0.3) is 5.56 Å². The third-order valence-corrected chi connectivity index (χ3v) is 6.79. The monoisotopic (exact) mass is 401 g/mol. The van der Waals surface area contributed by atoms with Crippen molar-refractivity contribution in [1.82, 2.24) is 19.9 Å². The molecule has 2 saturated heterocycles. The van der Waals surface area contributed by atoms with Gasteiger partial charge in [-0.2, -0.15) is 11.8 Å². The van der Waals surface area contributed by atoms with Gasteiger partial charge in [-0.25, -0.2) is 9.97 Å². The van der Waals surface area contributed by atoms with E-state index in [-0.39, 0.29) is 11.1 Å². The van der Waals surface area contributed by atoms with E-state index in [0.717, 1.165) is 62.1 Å². The summed E-state index contributed by atoms with van der Waals surface area (Å²) in [4.78, 5) is 26.2. The molecule has 0 radical (unpaired) electrons. The number of nitrogens with one attached hydrogen (secondary N) is 2. The Morgan fingerprint density at radius 2 is 2.21 bits per heavy atom. The van der Waals surface area contributed by atoms with Crippen LogP contribution in [-0.4, -0.2) is 69.7 Å². The molecule has 0 aromatic carbocycles. The molecule has 0 spiro atoms. The van der Waals surface area contributed by atoms with Crippen molar-refractivity contribution in [2.24, 2.45) is 0 Å². The van der Waals surface area contributed by atoms with Gasteiger partial charge in [-0.3, -0.25) is 9.69 Å². The standard InChI is InChI=1S/C20H27N5O2S/c1-2-16-11-18(26)24-19(23-16)15-3-4-17(21-12-15)22-13-20(5-10-28-14-20)25-6-8-27-9-7-25/h3-4,11-12H,2,5-10,13-14H2,1H3,(H,21,22)(H,23,24,26). The maximum absolute atomic E-state index is 11.8. The molecule has 2 N–H and O–H groups in total. The molecule has 0 bridgehead atoms. The quantitative estimate of drug-likeness (QED) is 0.766. The minimum atomic E-state index is -0.129. The van der Waals surface area contributed by atoms with Crippen LogP contribution in [0.5, 0.6) is 0 Å². The largest absolute Gasteiger partial charge is 0.379 e. The van der Waals surface area contributed by atoms with Crippen LogP contribution in [0.15, 0.2) is 29.2 Å². The van der Waals surface area contributed by atoms with Crippen LogP contribution in [0.4, 0.5) is 5.82 Å². The molecule has 4 rings (SSSR count). The highest BCUT2D eigenvalue weighted by molar-refractivity contribution is 7.99. The summed E-state index contributed by atoms with van der Waals surface area (Å²) in [6.07, 6.45) is 3.69. The van der Waals surface area contributed by atoms with Gasteiger partial charge in [-0.05, 0) is 30.7 Å². The minimum Gasteiger partial charge on any atom is -0.379 e. The Bertz CT molecular complexity index is 842. The number of aryl methyl sites for hydroxylation is 1. The third kappa shape index (κ3) is 4.24. The Hall–Kier alpha value is -1.90. The van der Waals surface area contributed by atoms with Gasteiger partial charge in [0, 0.05) is 54.4 Å². The van der Waals surface area contributed by atoms with Crippen molar-refractivity contribution in [3.8, 4) is 11.4 Å². The second kappa shape index (κ2) is 8.63. The van der Waals surface area contributed by atoms with Crippen molar-refractivity contribution in [1.29, 1.82) is 0 Å². The van der Waals surface area contributed by atoms with Gasteiger partial charge >= 0.3 is 0 Å². The van der Waals surface area contributed by atoms with Crippen LogP contribution in [0.1, 0.15) is 19.0 Å². The highest BCUT2D eigenvalue weighted by Gasteiger charge is 2.40. The number of morpholine rings is 1. The van der Waals surface area contributed by atoms with Gasteiger partial charge in [-0.15, -0.1) is 0 Å². The Morgan fingerprint density at radius 3 is 2.89 bits per heavy atom. The van der Waals surface area contributed by atoms with Gasteiger partial charge in [0.1, 0.15) is 11.6 Å². The first kappa shape index (κ1) is 19.4. The van der Waals surface area contributed by atoms with Crippen LogP contribution in [0.3, 0.4) is 0 Å². The highest BCUT2D eigenvalue weighted by atomic mass is 32.2. The molecular weight excluding hydrogens is 374 g/mol. The maximum Gasteiger partial charge on any atom is 0.251 e. The van der Waals surface area contributed by atoms with Crippen molar-refractivity contribution in [2.45, 2.75) is 25.3 Å². The first-order valence-electron chi connectivity index (χ1n) is 9.90. The number of pyridine rings is 1. The number of hydrogen-bond donors (Lipinski definition) is 2. The average molecular weight is 402 g/mol. The normalized spacial score (nSPS) is 23.0. The van der Waals surface area contributed by atoms with E-state index in [2.05, 4.69) is 25.2 Å². The summed E-state index contributed by atoms with van der Waals surface area (Å²) in [6, 6.07) is 5.46. The molecule has 1 atom stereocenters. The summed E-state index contributed by atoms with van der Waals surface area (Å²) in [5.41, 5.74) is 1.65. The van der Waals surface area contributed by atoms with Crippen molar-refractivity contribution in [2.75, 3.05) is 49.7 Å². The van der Waals surface area contributed by atoms with Crippen LogP contribution in [0.25, 0.3) is 11.4 Å². The van der Waals surface area contributed by atoms with Crippen molar-refractivity contribution < 1.29 is 4.74 Å². The number of hydrogen-bond acceptors (Lipinski definition) is 7. The van der Waals surface area contributed by atoms with E-state index in [1.165, 1.54) is 18.2 Å². The zero-order valence-corrected chi connectivity index (χ0v) is 17.1. The van der Waals surface area contributed by atoms with E-state index in [9.17, 15) is 4.79 Å². The molecule has 0 saturated carbocycles. The number of nitrogens with zero attached hydrogens (tertiary/aromatic N) is 3. The first-order chi connectivity index (χ1) is 13.7. The summed E-state index contributed by atoms with van der Waals surface area (Å²) in [5, 5.41) is 3.54. The fraction of sp³-hybridized carbons (Fsp3) is 0.550. The fourth-order valence-electron chi connectivity index (χ4n) is 3.85. The van der Waals surface area contributed by atoms with Crippen LogP contribution in [0.2, 0.25) is 0 Å². The second-order valence-corrected chi connectivity index (χ2v) is 8.46. The predicted octanol–water partition coefficient (Wildman–Crippen LogP) is 2.01. The van der Waals surface area contributed by atoms with Crippen LogP contribution < -0.4 is 10.9 Å². The lowest BCUT2D eigenvalue weighted by Gasteiger charge is -2.43. The number of anilines is 1. The summed E-state index contributed by atoms with van der Waals surface area (Å²) in [6.45, 7) is 6.51. The highest BCUT2D eigenvalue weighted by Crippen LogP contribution is 2.34. The number of ether oxygens (including phenoxy) is 1. The Morgan fingerprint density at radius 1 is 1.36 bits per heavy atom. The molecule has 2 aliphatic heterocycles. The van der Waals surface area contributed by atoms with Gasteiger partial charge in [0.15, 0.2) is 0 Å². The average Bonchev–Trinajstić information content (AvgIpc) is 3.23. The van der Waals surface area contributed by atoms with Crippen LogP contribution >= 0.6 is 11.8 Å². The zero-order chi connectivity index (χ0) is 19.4. The number of thioether (sulfide) groups is 1. The van der Waals surface area contributed by atoms with Crippen molar-refractivity contribution in [3.63, 3.8) is 0 Å². The molecule has 4 heterocycles. The lowest BCUT2D eigenvalue weighted by atomic mass is 9.95. The summed E-state index contributed by atoms with van der Waals surface area (Å²) < 4.78 is 5.53. The van der Waals surface area contributed by atoms with E-state index in [1.54, 1.807) is 6.20 Å². The molecule has 7 nitrogen and oxygen atoms in total. The van der Waals surface area contributed by atoms with Crippen LogP contribution in [-0.2, 0) is 11.2 Å². The van der Waals surface area contributed by atoms with Gasteiger partial charge in [0.2, 0.25) is 0 Å². The number of rotatable bonds is 6. The fourth-order valence-corrected chi connectivity index (χ4v) is 5.33. The molecule has 2 aliphatic rings. The number of H-pyrrole nitrogens is 1. The van der Waals surface area contributed by atoms with Gasteiger partial charge in [0.05, 0.1) is 13.2 Å². The minimum absolute atomic E-state index is 0.129. The molecule has 2 aromatic rings. The lowest BCUT2D eigenvalue weighted by molar-refractivity contribution is -0.00922. The summed E-state index contributed by atoms with van der Waals surface area (Å²) in [5.74, 6) is 3.77. The Labute approximate surface area is 169 Å². The molecule has 2 fully saturated rings. The van der Waals surface area contributed by atoms with Crippen molar-refractivity contribution in [3.05, 3.63) is 40.4 Å². The van der Waals surface area contributed by atoms with E-state index < -0.39 is 0 Å². The SMILES string of the molecule is CCc1cc(=O)[nH]c(-c2ccc(NCC3(N4CCOCC4)CCSC3)nc2)n1. The molecule has 150 valence electrons.